The van der Waals surface area contributed by atoms with Crippen LogP contribution in [0.1, 0.15) is 29.9 Å². The summed E-state index contributed by atoms with van der Waals surface area (Å²) >= 11 is 0. The summed E-state index contributed by atoms with van der Waals surface area (Å²) in [5.74, 6) is 0.629. The summed E-state index contributed by atoms with van der Waals surface area (Å²) in [4.78, 5) is 0. The van der Waals surface area contributed by atoms with Crippen molar-refractivity contribution in [3.8, 4) is 0 Å². The van der Waals surface area contributed by atoms with E-state index in [1.807, 2.05) is 0 Å². The molecule has 0 aromatic heterocycles. The van der Waals surface area contributed by atoms with Gasteiger partial charge >= 0.3 is 0 Å². The molecule has 1 aliphatic heterocycles. The minimum absolute atomic E-state index is 0.554. The number of ether oxygens (including phenoxy) is 1. The highest BCUT2D eigenvalue weighted by atomic mass is 16.5. The van der Waals surface area contributed by atoms with Crippen molar-refractivity contribution in [2.24, 2.45) is 0 Å². The van der Waals surface area contributed by atoms with Crippen LogP contribution in [0.4, 0.5) is 0 Å². The van der Waals surface area contributed by atoms with E-state index in [-0.39, 0.29) is 0 Å². The van der Waals surface area contributed by atoms with Gasteiger partial charge in [-0.15, -0.1) is 0 Å². The molecule has 2 aliphatic rings. The molecule has 3 nitrogen and oxygen atoms in total. The molecule has 1 aromatic carbocycles. The second-order valence-electron chi connectivity index (χ2n) is 5.57. The molecule has 18 heavy (non-hydrogen) atoms. The van der Waals surface area contributed by atoms with Crippen molar-refractivity contribution in [1.29, 1.82) is 0 Å². The van der Waals surface area contributed by atoms with Gasteiger partial charge in [0.15, 0.2) is 0 Å². The number of fused-ring (bicyclic) bond motifs is 1. The van der Waals surface area contributed by atoms with Gasteiger partial charge in [0, 0.05) is 45.1 Å². The fourth-order valence-corrected chi connectivity index (χ4v) is 2.95. The molecule has 0 spiro atoms. The number of aliphatic hydroxyl groups is 1. The summed E-state index contributed by atoms with van der Waals surface area (Å²) in [6.45, 7) is 3.03. The van der Waals surface area contributed by atoms with Crippen LogP contribution < -0.4 is 5.32 Å². The standard InChI is InChI=1S/C15H21NO2/c17-15(5-7-18-8-6-15)11-16-10-13-9-12-3-1-2-4-14(12)13/h1-4,13,16-17H,5-11H2. The van der Waals surface area contributed by atoms with Gasteiger partial charge < -0.3 is 15.2 Å². The van der Waals surface area contributed by atoms with Crippen LogP contribution in [0, 0.1) is 0 Å². The molecule has 0 radical (unpaired) electrons. The van der Waals surface area contributed by atoms with E-state index in [0.717, 1.165) is 19.4 Å². The Morgan fingerprint density at radius 2 is 2.06 bits per heavy atom. The van der Waals surface area contributed by atoms with Crippen molar-refractivity contribution >= 4 is 0 Å². The summed E-state index contributed by atoms with van der Waals surface area (Å²) in [6.07, 6.45) is 2.67. The van der Waals surface area contributed by atoms with E-state index in [0.29, 0.717) is 25.7 Å². The van der Waals surface area contributed by atoms with E-state index >= 15 is 0 Å². The zero-order valence-corrected chi connectivity index (χ0v) is 10.7. The van der Waals surface area contributed by atoms with Gasteiger partial charge in [0.2, 0.25) is 0 Å². The highest BCUT2D eigenvalue weighted by Gasteiger charge is 2.30. The number of nitrogens with one attached hydrogen (secondary N) is 1. The molecule has 3 heteroatoms. The van der Waals surface area contributed by atoms with E-state index < -0.39 is 5.60 Å². The Labute approximate surface area is 108 Å². The maximum Gasteiger partial charge on any atom is 0.0815 e. The van der Waals surface area contributed by atoms with Crippen LogP contribution in [0.15, 0.2) is 24.3 Å². The maximum atomic E-state index is 10.3. The molecule has 1 atom stereocenters. The zero-order valence-electron chi connectivity index (χ0n) is 10.7. The van der Waals surface area contributed by atoms with Crippen LogP contribution in [-0.2, 0) is 11.2 Å². The molecular weight excluding hydrogens is 226 g/mol. The van der Waals surface area contributed by atoms with E-state index in [1.54, 1.807) is 0 Å². The van der Waals surface area contributed by atoms with Crippen LogP contribution in [0.2, 0.25) is 0 Å². The highest BCUT2D eigenvalue weighted by molar-refractivity contribution is 5.40. The number of hydrogen-bond acceptors (Lipinski definition) is 3. The average Bonchev–Trinajstić information content (AvgIpc) is 2.36. The molecule has 1 saturated heterocycles. The first-order valence-electron chi connectivity index (χ1n) is 6.85. The Balaban J connectivity index is 1.46. The summed E-state index contributed by atoms with van der Waals surface area (Å²) in [5.41, 5.74) is 2.40. The van der Waals surface area contributed by atoms with Crippen LogP contribution in [0.25, 0.3) is 0 Å². The second-order valence-corrected chi connectivity index (χ2v) is 5.57. The van der Waals surface area contributed by atoms with E-state index in [4.69, 9.17) is 4.74 Å². The molecule has 1 fully saturated rings. The molecule has 1 unspecified atom stereocenters. The fraction of sp³-hybridized carbons (Fsp3) is 0.600. The third-order valence-electron chi connectivity index (χ3n) is 4.23. The van der Waals surface area contributed by atoms with Gasteiger partial charge in [-0.1, -0.05) is 24.3 Å². The molecule has 0 amide bonds. The first kappa shape index (κ1) is 12.2. The summed E-state index contributed by atoms with van der Waals surface area (Å²) in [6, 6.07) is 8.64. The van der Waals surface area contributed by atoms with Crippen molar-refractivity contribution in [3.05, 3.63) is 35.4 Å². The van der Waals surface area contributed by atoms with Gasteiger partial charge in [0.1, 0.15) is 0 Å². The Morgan fingerprint density at radius 3 is 2.83 bits per heavy atom. The molecular formula is C15H21NO2. The second kappa shape index (κ2) is 5.00. The Morgan fingerprint density at radius 1 is 1.28 bits per heavy atom. The Kier molecular flexibility index (Phi) is 3.37. The monoisotopic (exact) mass is 247 g/mol. The zero-order chi connectivity index (χ0) is 12.4. The SMILES string of the molecule is OC1(CNCC2Cc3ccccc32)CCOCC1. The lowest BCUT2D eigenvalue weighted by Gasteiger charge is -2.34. The van der Waals surface area contributed by atoms with Crippen molar-refractivity contribution in [2.45, 2.75) is 30.8 Å². The number of benzene rings is 1. The van der Waals surface area contributed by atoms with E-state index in [9.17, 15) is 5.11 Å². The van der Waals surface area contributed by atoms with Gasteiger partial charge in [-0.25, -0.2) is 0 Å². The van der Waals surface area contributed by atoms with Crippen LogP contribution in [0.3, 0.4) is 0 Å². The summed E-state index contributed by atoms with van der Waals surface area (Å²) in [7, 11) is 0. The molecule has 1 aromatic rings. The average molecular weight is 247 g/mol. The summed E-state index contributed by atoms with van der Waals surface area (Å²) in [5, 5.41) is 13.8. The summed E-state index contributed by atoms with van der Waals surface area (Å²) < 4.78 is 5.28. The minimum atomic E-state index is -0.554. The largest absolute Gasteiger partial charge is 0.388 e. The van der Waals surface area contributed by atoms with Gasteiger partial charge in [-0.05, 0) is 17.5 Å². The van der Waals surface area contributed by atoms with E-state index in [2.05, 4.69) is 29.6 Å². The van der Waals surface area contributed by atoms with Crippen molar-refractivity contribution in [2.75, 3.05) is 26.3 Å². The smallest absolute Gasteiger partial charge is 0.0815 e. The molecule has 98 valence electrons. The van der Waals surface area contributed by atoms with Crippen LogP contribution >= 0.6 is 0 Å². The Hall–Kier alpha value is -0.900. The first-order chi connectivity index (χ1) is 8.77. The van der Waals surface area contributed by atoms with Crippen LogP contribution in [0.5, 0.6) is 0 Å². The number of hydrogen-bond donors (Lipinski definition) is 2. The highest BCUT2D eigenvalue weighted by Crippen LogP contribution is 2.34. The molecule has 1 heterocycles. The lowest BCUT2D eigenvalue weighted by atomic mass is 9.77. The lowest BCUT2D eigenvalue weighted by molar-refractivity contribution is -0.0616. The predicted octanol–water partition coefficient (Wildman–Crippen LogP) is 1.46. The first-order valence-corrected chi connectivity index (χ1v) is 6.85. The van der Waals surface area contributed by atoms with Gasteiger partial charge in [0.25, 0.3) is 0 Å². The van der Waals surface area contributed by atoms with Gasteiger partial charge in [-0.2, -0.15) is 0 Å². The minimum Gasteiger partial charge on any atom is -0.388 e. The van der Waals surface area contributed by atoms with Gasteiger partial charge in [-0.3, -0.25) is 0 Å². The lowest BCUT2D eigenvalue weighted by Crippen LogP contribution is -2.46. The third-order valence-corrected chi connectivity index (χ3v) is 4.23. The third kappa shape index (κ3) is 2.44. The molecule has 0 bridgehead atoms. The fourth-order valence-electron chi connectivity index (χ4n) is 2.95. The number of rotatable bonds is 4. The van der Waals surface area contributed by atoms with Crippen molar-refractivity contribution in [1.82, 2.24) is 5.32 Å². The van der Waals surface area contributed by atoms with Crippen molar-refractivity contribution in [3.63, 3.8) is 0 Å². The topological polar surface area (TPSA) is 41.5 Å². The molecule has 1 aliphatic carbocycles. The predicted molar refractivity (Wildman–Crippen MR) is 70.8 cm³/mol. The van der Waals surface area contributed by atoms with Crippen molar-refractivity contribution < 1.29 is 9.84 Å². The molecule has 3 rings (SSSR count). The van der Waals surface area contributed by atoms with Crippen LogP contribution in [-0.4, -0.2) is 37.0 Å². The van der Waals surface area contributed by atoms with Gasteiger partial charge in [0.05, 0.1) is 5.60 Å². The molecule has 2 N–H and O–H groups in total. The maximum absolute atomic E-state index is 10.3. The Bertz CT molecular complexity index is 413. The normalized spacial score (nSPS) is 25.3. The van der Waals surface area contributed by atoms with E-state index in [1.165, 1.54) is 17.5 Å². The quantitative estimate of drug-likeness (QED) is 0.846. The molecule has 0 saturated carbocycles.